The van der Waals surface area contributed by atoms with Gasteiger partial charge in [0.1, 0.15) is 0 Å². The summed E-state index contributed by atoms with van der Waals surface area (Å²) in [5, 5.41) is 7.39. The third kappa shape index (κ3) is 5.13. The van der Waals surface area contributed by atoms with Crippen molar-refractivity contribution in [1.82, 2.24) is 20.0 Å². The van der Waals surface area contributed by atoms with Gasteiger partial charge in [0.15, 0.2) is 0 Å². The Bertz CT molecular complexity index is 453. The number of hydrogen-bond acceptors (Lipinski definition) is 4. The molecule has 1 unspecified atom stereocenters. The molecule has 0 spiro atoms. The lowest BCUT2D eigenvalue weighted by atomic mass is 10.0. The van der Waals surface area contributed by atoms with Gasteiger partial charge in [0.2, 0.25) is 0 Å². The van der Waals surface area contributed by atoms with Gasteiger partial charge >= 0.3 is 0 Å². The van der Waals surface area contributed by atoms with Gasteiger partial charge in [-0.3, -0.25) is 9.48 Å². The van der Waals surface area contributed by atoms with Gasteiger partial charge in [-0.15, -0.1) is 0 Å². The number of rotatable bonds is 8. The summed E-state index contributed by atoms with van der Waals surface area (Å²) in [7, 11) is 4.02. The zero-order valence-corrected chi connectivity index (χ0v) is 13.9. The highest BCUT2D eigenvalue weighted by atomic mass is 16.1. The normalized spacial score (nSPS) is 13.0. The number of nitrogens with zero attached hydrogens (tertiary/aromatic N) is 3. The number of carbonyl (C=O) groups is 1. The zero-order valence-electron chi connectivity index (χ0n) is 13.9. The van der Waals surface area contributed by atoms with E-state index in [1.807, 2.05) is 25.7 Å². The van der Waals surface area contributed by atoms with Crippen molar-refractivity contribution in [3.8, 4) is 0 Å². The number of hydrogen-bond donors (Lipinski definition) is 2. The number of nitrogens with two attached hydrogens (primary N) is 1. The van der Waals surface area contributed by atoms with Crippen LogP contribution in [0.25, 0.3) is 0 Å². The summed E-state index contributed by atoms with van der Waals surface area (Å²) in [6.45, 7) is 8.36. The van der Waals surface area contributed by atoms with E-state index in [0.717, 1.165) is 25.2 Å². The molecule has 120 valence electrons. The van der Waals surface area contributed by atoms with E-state index in [9.17, 15) is 4.79 Å². The fourth-order valence-corrected chi connectivity index (χ4v) is 2.20. The quantitative estimate of drug-likeness (QED) is 0.746. The van der Waals surface area contributed by atoms with Crippen molar-refractivity contribution in [1.29, 1.82) is 0 Å². The predicted molar refractivity (Wildman–Crippen MR) is 85.3 cm³/mol. The van der Waals surface area contributed by atoms with Crippen LogP contribution in [0.5, 0.6) is 0 Å². The minimum Gasteiger partial charge on any atom is -0.348 e. The molecule has 6 heteroatoms. The lowest BCUT2D eigenvalue weighted by Gasteiger charge is -2.25. The van der Waals surface area contributed by atoms with Crippen LogP contribution >= 0.6 is 0 Å². The summed E-state index contributed by atoms with van der Waals surface area (Å²) in [5.41, 5.74) is 7.06. The summed E-state index contributed by atoms with van der Waals surface area (Å²) in [4.78, 5) is 14.5. The van der Waals surface area contributed by atoms with E-state index >= 15 is 0 Å². The standard InChI is InChI=1S/C15H29N5O/c1-11(2)14(10-19(4)5)18-15(21)13-9-17-20(12(13)3)8-6-7-16/h9,11,14H,6-8,10,16H2,1-5H3,(H,18,21). The highest BCUT2D eigenvalue weighted by molar-refractivity contribution is 5.95. The van der Waals surface area contributed by atoms with Crippen molar-refractivity contribution in [3.63, 3.8) is 0 Å². The van der Waals surface area contributed by atoms with Crippen LogP contribution in [-0.2, 0) is 6.54 Å². The molecular weight excluding hydrogens is 266 g/mol. The molecular formula is C15H29N5O. The third-order valence-electron chi connectivity index (χ3n) is 3.60. The smallest absolute Gasteiger partial charge is 0.255 e. The molecule has 0 bridgehead atoms. The fourth-order valence-electron chi connectivity index (χ4n) is 2.20. The third-order valence-corrected chi connectivity index (χ3v) is 3.60. The highest BCUT2D eigenvalue weighted by Crippen LogP contribution is 2.10. The summed E-state index contributed by atoms with van der Waals surface area (Å²) in [6.07, 6.45) is 2.51. The van der Waals surface area contributed by atoms with Gasteiger partial charge in [0.05, 0.1) is 11.8 Å². The summed E-state index contributed by atoms with van der Waals surface area (Å²) < 4.78 is 1.85. The first-order valence-electron chi connectivity index (χ1n) is 7.54. The van der Waals surface area contributed by atoms with E-state index in [-0.39, 0.29) is 11.9 Å². The minimum atomic E-state index is -0.0490. The molecule has 0 saturated carbocycles. The van der Waals surface area contributed by atoms with Crippen molar-refractivity contribution in [2.45, 2.75) is 39.8 Å². The van der Waals surface area contributed by atoms with Crippen molar-refractivity contribution < 1.29 is 4.79 Å². The van der Waals surface area contributed by atoms with Crippen LogP contribution in [0.1, 0.15) is 36.3 Å². The highest BCUT2D eigenvalue weighted by Gasteiger charge is 2.20. The van der Waals surface area contributed by atoms with Gasteiger partial charge in [-0.2, -0.15) is 5.10 Å². The maximum atomic E-state index is 12.4. The fraction of sp³-hybridized carbons (Fsp3) is 0.733. The maximum absolute atomic E-state index is 12.4. The second-order valence-corrected chi connectivity index (χ2v) is 6.10. The van der Waals surface area contributed by atoms with Crippen LogP contribution in [0.4, 0.5) is 0 Å². The Hall–Kier alpha value is -1.40. The Labute approximate surface area is 127 Å². The molecule has 0 aliphatic rings. The number of amides is 1. The molecule has 0 saturated heterocycles. The first kappa shape index (κ1) is 17.7. The van der Waals surface area contributed by atoms with Crippen LogP contribution in [0, 0.1) is 12.8 Å². The van der Waals surface area contributed by atoms with Crippen LogP contribution < -0.4 is 11.1 Å². The summed E-state index contributed by atoms with van der Waals surface area (Å²) in [5.74, 6) is 0.330. The number of likely N-dealkylation sites (N-methyl/N-ethyl adjacent to an activating group) is 1. The molecule has 1 amide bonds. The molecule has 0 aromatic carbocycles. The number of aromatic nitrogens is 2. The van der Waals surface area contributed by atoms with Gasteiger partial charge in [0.25, 0.3) is 5.91 Å². The van der Waals surface area contributed by atoms with Gasteiger partial charge < -0.3 is 16.0 Å². The van der Waals surface area contributed by atoms with E-state index < -0.39 is 0 Å². The van der Waals surface area contributed by atoms with Crippen molar-refractivity contribution in [3.05, 3.63) is 17.5 Å². The average molecular weight is 295 g/mol. The molecule has 1 atom stereocenters. The summed E-state index contributed by atoms with van der Waals surface area (Å²) >= 11 is 0. The van der Waals surface area contributed by atoms with E-state index in [2.05, 4.69) is 29.2 Å². The van der Waals surface area contributed by atoms with E-state index in [4.69, 9.17) is 5.73 Å². The van der Waals surface area contributed by atoms with Crippen molar-refractivity contribution >= 4 is 5.91 Å². The van der Waals surface area contributed by atoms with Crippen LogP contribution in [0.2, 0.25) is 0 Å². The average Bonchev–Trinajstić information content (AvgIpc) is 2.76. The van der Waals surface area contributed by atoms with Crippen molar-refractivity contribution in [2.24, 2.45) is 11.7 Å². The molecule has 21 heavy (non-hydrogen) atoms. The Morgan fingerprint density at radius 1 is 1.48 bits per heavy atom. The Kier molecular flexibility index (Phi) is 6.84. The van der Waals surface area contributed by atoms with Gasteiger partial charge in [-0.05, 0) is 39.9 Å². The number of aryl methyl sites for hydroxylation is 1. The topological polar surface area (TPSA) is 76.2 Å². The predicted octanol–water partition coefficient (Wildman–Crippen LogP) is 0.856. The maximum Gasteiger partial charge on any atom is 0.255 e. The molecule has 6 nitrogen and oxygen atoms in total. The molecule has 1 aromatic rings. The second kappa shape index (κ2) is 8.14. The Morgan fingerprint density at radius 2 is 2.14 bits per heavy atom. The van der Waals surface area contributed by atoms with Crippen LogP contribution in [-0.4, -0.2) is 53.8 Å². The largest absolute Gasteiger partial charge is 0.348 e. The van der Waals surface area contributed by atoms with E-state index in [0.29, 0.717) is 18.0 Å². The first-order chi connectivity index (χ1) is 9.86. The van der Waals surface area contributed by atoms with E-state index in [1.165, 1.54) is 0 Å². The van der Waals surface area contributed by atoms with E-state index in [1.54, 1.807) is 6.20 Å². The molecule has 1 heterocycles. The summed E-state index contributed by atoms with van der Waals surface area (Å²) in [6, 6.07) is 0.124. The number of carbonyl (C=O) groups excluding carboxylic acids is 1. The second-order valence-electron chi connectivity index (χ2n) is 6.10. The van der Waals surface area contributed by atoms with Crippen LogP contribution in [0.3, 0.4) is 0 Å². The van der Waals surface area contributed by atoms with Crippen LogP contribution in [0.15, 0.2) is 6.20 Å². The molecule has 0 radical (unpaired) electrons. The van der Waals surface area contributed by atoms with Gasteiger partial charge in [-0.1, -0.05) is 13.8 Å². The molecule has 0 aliphatic carbocycles. The minimum absolute atomic E-state index is 0.0490. The zero-order chi connectivity index (χ0) is 16.0. The monoisotopic (exact) mass is 295 g/mol. The Morgan fingerprint density at radius 3 is 2.67 bits per heavy atom. The molecule has 1 aromatic heterocycles. The molecule has 1 rings (SSSR count). The molecule has 3 N–H and O–H groups in total. The number of nitrogens with one attached hydrogen (secondary N) is 1. The van der Waals surface area contributed by atoms with Gasteiger partial charge in [0, 0.05) is 24.8 Å². The lowest BCUT2D eigenvalue weighted by Crippen LogP contribution is -2.45. The first-order valence-corrected chi connectivity index (χ1v) is 7.54. The Balaban J connectivity index is 2.76. The molecule has 0 aliphatic heterocycles. The van der Waals surface area contributed by atoms with Gasteiger partial charge in [-0.25, -0.2) is 0 Å². The SMILES string of the molecule is Cc1c(C(=O)NC(CN(C)C)C(C)C)cnn1CCCN. The van der Waals surface area contributed by atoms with Crippen molar-refractivity contribution in [2.75, 3.05) is 27.2 Å². The molecule has 0 fully saturated rings. The lowest BCUT2D eigenvalue weighted by molar-refractivity contribution is 0.0916.